The van der Waals surface area contributed by atoms with Gasteiger partial charge in [-0.05, 0) is 37.9 Å². The highest BCUT2D eigenvalue weighted by atomic mass is 35.5. The van der Waals surface area contributed by atoms with Gasteiger partial charge in [0.1, 0.15) is 0 Å². The van der Waals surface area contributed by atoms with Gasteiger partial charge >= 0.3 is 0 Å². The second-order valence-electron chi connectivity index (χ2n) is 5.36. The van der Waals surface area contributed by atoms with Gasteiger partial charge in [-0.3, -0.25) is 0 Å². The molecule has 2 heterocycles. The zero-order chi connectivity index (χ0) is 13.9. The van der Waals surface area contributed by atoms with Gasteiger partial charge in [0.05, 0.1) is 0 Å². The van der Waals surface area contributed by atoms with Gasteiger partial charge in [0, 0.05) is 37.3 Å². The summed E-state index contributed by atoms with van der Waals surface area (Å²) in [5.74, 6) is 0.870. The second kappa shape index (κ2) is 6.98. The fourth-order valence-corrected chi connectivity index (χ4v) is 5.52. The number of piperidine rings is 2. The van der Waals surface area contributed by atoms with Crippen molar-refractivity contribution in [3.63, 3.8) is 0 Å². The average Bonchev–Trinajstić information content (AvgIpc) is 2.47. The summed E-state index contributed by atoms with van der Waals surface area (Å²) in [6, 6.07) is 0. The van der Waals surface area contributed by atoms with E-state index in [1.54, 1.807) is 8.61 Å². The number of alkyl halides is 1. The summed E-state index contributed by atoms with van der Waals surface area (Å²) in [7, 11) is -3.26. The number of nitrogens with zero attached hydrogens (tertiary/aromatic N) is 2. The van der Waals surface area contributed by atoms with E-state index in [0.29, 0.717) is 43.2 Å². The van der Waals surface area contributed by atoms with Gasteiger partial charge < -0.3 is 0 Å². The molecular weight excluding hydrogens is 304 g/mol. The fourth-order valence-electron chi connectivity index (χ4n) is 2.82. The van der Waals surface area contributed by atoms with Crippen LogP contribution in [0.5, 0.6) is 0 Å². The Morgan fingerprint density at radius 3 is 2.42 bits per heavy atom. The van der Waals surface area contributed by atoms with Gasteiger partial charge in [-0.2, -0.15) is 28.8 Å². The Kier molecular flexibility index (Phi) is 5.84. The standard InChI is InChI=1S/C12H23ClN2O2S2/c1-18-12-4-7-14(8-5-12)19(16,17)15-6-2-3-11(9-13)10-15/h11-12H,2-10H2,1H3. The van der Waals surface area contributed by atoms with E-state index >= 15 is 0 Å². The highest BCUT2D eigenvalue weighted by Crippen LogP contribution is 2.26. The molecule has 1 unspecified atom stereocenters. The normalized spacial score (nSPS) is 28.6. The van der Waals surface area contributed by atoms with Crippen LogP contribution >= 0.6 is 23.4 Å². The van der Waals surface area contributed by atoms with Gasteiger partial charge in [0.15, 0.2) is 0 Å². The summed E-state index contributed by atoms with van der Waals surface area (Å²) >= 11 is 7.73. The van der Waals surface area contributed by atoms with Crippen LogP contribution in [0.25, 0.3) is 0 Å². The summed E-state index contributed by atoms with van der Waals surface area (Å²) < 4.78 is 28.5. The van der Waals surface area contributed by atoms with E-state index in [-0.39, 0.29) is 0 Å². The van der Waals surface area contributed by atoms with E-state index in [1.807, 2.05) is 11.8 Å². The Labute approximate surface area is 126 Å². The predicted molar refractivity (Wildman–Crippen MR) is 82.0 cm³/mol. The number of hydrogen-bond donors (Lipinski definition) is 0. The average molecular weight is 327 g/mol. The summed E-state index contributed by atoms with van der Waals surface area (Å²) in [6.07, 6.45) is 6.01. The lowest BCUT2D eigenvalue weighted by Crippen LogP contribution is -2.50. The lowest BCUT2D eigenvalue weighted by Gasteiger charge is -2.37. The number of rotatable bonds is 4. The van der Waals surface area contributed by atoms with E-state index < -0.39 is 10.2 Å². The van der Waals surface area contributed by atoms with E-state index in [2.05, 4.69) is 6.26 Å². The van der Waals surface area contributed by atoms with E-state index in [1.165, 1.54) is 0 Å². The molecule has 7 heteroatoms. The summed E-state index contributed by atoms with van der Waals surface area (Å²) in [5, 5.41) is 0.614. The van der Waals surface area contributed by atoms with Crippen LogP contribution in [0.2, 0.25) is 0 Å². The second-order valence-corrected chi connectivity index (χ2v) is 8.74. The minimum Gasteiger partial charge on any atom is -0.195 e. The van der Waals surface area contributed by atoms with Crippen LogP contribution in [0.3, 0.4) is 0 Å². The maximum atomic E-state index is 12.6. The molecule has 2 saturated heterocycles. The van der Waals surface area contributed by atoms with E-state index in [0.717, 1.165) is 25.7 Å². The Morgan fingerprint density at radius 2 is 1.84 bits per heavy atom. The first-order chi connectivity index (χ1) is 9.07. The summed E-state index contributed by atoms with van der Waals surface area (Å²) in [4.78, 5) is 0. The van der Waals surface area contributed by atoms with Crippen molar-refractivity contribution in [2.45, 2.75) is 30.9 Å². The Morgan fingerprint density at radius 1 is 1.16 bits per heavy atom. The number of hydrogen-bond acceptors (Lipinski definition) is 3. The summed E-state index contributed by atoms with van der Waals surface area (Å²) in [5.41, 5.74) is 0. The molecule has 4 nitrogen and oxygen atoms in total. The molecule has 0 saturated carbocycles. The van der Waals surface area contributed by atoms with Crippen LogP contribution in [0.1, 0.15) is 25.7 Å². The van der Waals surface area contributed by atoms with Crippen molar-refractivity contribution in [1.82, 2.24) is 8.61 Å². The molecule has 0 N–H and O–H groups in total. The zero-order valence-electron chi connectivity index (χ0n) is 11.4. The third-order valence-electron chi connectivity index (χ3n) is 4.09. The van der Waals surface area contributed by atoms with Crippen molar-refractivity contribution in [3.8, 4) is 0 Å². The van der Waals surface area contributed by atoms with Crippen molar-refractivity contribution in [3.05, 3.63) is 0 Å². The van der Waals surface area contributed by atoms with Crippen LogP contribution in [0.4, 0.5) is 0 Å². The van der Waals surface area contributed by atoms with Gasteiger partial charge in [0.2, 0.25) is 0 Å². The van der Waals surface area contributed by atoms with Crippen molar-refractivity contribution in [2.75, 3.05) is 38.3 Å². The van der Waals surface area contributed by atoms with Crippen LogP contribution in [0.15, 0.2) is 0 Å². The highest BCUT2D eigenvalue weighted by Gasteiger charge is 2.35. The molecule has 2 rings (SSSR count). The van der Waals surface area contributed by atoms with Crippen LogP contribution in [0, 0.1) is 5.92 Å². The fraction of sp³-hybridized carbons (Fsp3) is 1.00. The highest BCUT2D eigenvalue weighted by molar-refractivity contribution is 7.99. The van der Waals surface area contributed by atoms with Crippen molar-refractivity contribution >= 4 is 33.6 Å². The Balaban J connectivity index is 1.98. The minimum absolute atomic E-state index is 0.314. The molecule has 2 fully saturated rings. The predicted octanol–water partition coefficient (Wildman–Crippen LogP) is 2.01. The molecule has 0 amide bonds. The molecule has 0 radical (unpaired) electrons. The molecule has 0 aromatic heterocycles. The molecule has 1 atom stereocenters. The topological polar surface area (TPSA) is 40.6 Å². The maximum Gasteiger partial charge on any atom is 0.281 e. The molecule has 19 heavy (non-hydrogen) atoms. The van der Waals surface area contributed by atoms with Gasteiger partial charge in [-0.25, -0.2) is 0 Å². The van der Waals surface area contributed by atoms with Crippen LogP contribution in [-0.2, 0) is 10.2 Å². The molecule has 0 aliphatic carbocycles. The van der Waals surface area contributed by atoms with Gasteiger partial charge in [-0.15, -0.1) is 11.6 Å². The largest absolute Gasteiger partial charge is 0.281 e. The first kappa shape index (κ1) is 15.9. The molecule has 2 aliphatic rings. The number of halogens is 1. The quantitative estimate of drug-likeness (QED) is 0.742. The Bertz CT molecular complexity index is 383. The van der Waals surface area contributed by atoms with Crippen molar-refractivity contribution in [1.29, 1.82) is 0 Å². The summed E-state index contributed by atoms with van der Waals surface area (Å²) in [6.45, 7) is 2.57. The smallest absolute Gasteiger partial charge is 0.195 e. The van der Waals surface area contributed by atoms with Crippen molar-refractivity contribution < 1.29 is 8.42 Å². The number of thioether (sulfide) groups is 1. The monoisotopic (exact) mass is 326 g/mol. The molecule has 0 spiro atoms. The lowest BCUT2D eigenvalue weighted by atomic mass is 10.0. The molecule has 0 aromatic carbocycles. The third-order valence-corrected chi connectivity index (χ3v) is 7.66. The van der Waals surface area contributed by atoms with E-state index in [4.69, 9.17) is 11.6 Å². The molecule has 0 bridgehead atoms. The SMILES string of the molecule is CSC1CCN(S(=O)(=O)N2CCCC(CCl)C2)CC1. The van der Waals surface area contributed by atoms with Crippen molar-refractivity contribution in [2.24, 2.45) is 5.92 Å². The molecule has 2 aliphatic heterocycles. The van der Waals surface area contributed by atoms with E-state index in [9.17, 15) is 8.42 Å². The minimum atomic E-state index is -3.26. The Hall–Kier alpha value is 0.510. The van der Waals surface area contributed by atoms with Gasteiger partial charge in [-0.1, -0.05) is 0 Å². The first-order valence-electron chi connectivity index (χ1n) is 6.92. The lowest BCUT2D eigenvalue weighted by molar-refractivity contribution is 0.250. The van der Waals surface area contributed by atoms with Crippen LogP contribution in [-0.4, -0.2) is 60.6 Å². The van der Waals surface area contributed by atoms with Gasteiger partial charge in [0.25, 0.3) is 10.2 Å². The third kappa shape index (κ3) is 3.79. The molecule has 0 aromatic rings. The zero-order valence-corrected chi connectivity index (χ0v) is 13.8. The van der Waals surface area contributed by atoms with Crippen LogP contribution < -0.4 is 0 Å². The maximum absolute atomic E-state index is 12.6. The molecule has 112 valence electrons. The molecular formula is C12H23ClN2O2S2. The first-order valence-corrected chi connectivity index (χ1v) is 10.1.